The Hall–Kier alpha value is -1.57. The van der Waals surface area contributed by atoms with Gasteiger partial charge < -0.3 is 4.74 Å². The highest BCUT2D eigenvalue weighted by atomic mass is 16.5. The molecule has 1 aromatic carbocycles. The van der Waals surface area contributed by atoms with Crippen LogP contribution in [0.25, 0.3) is 0 Å². The molecule has 1 rings (SSSR count). The summed E-state index contributed by atoms with van der Waals surface area (Å²) in [7, 11) is 0. The fourth-order valence-corrected chi connectivity index (χ4v) is 1.33. The zero-order chi connectivity index (χ0) is 11.3. The summed E-state index contributed by atoms with van der Waals surface area (Å²) in [6.45, 7) is 5.21. The van der Waals surface area contributed by atoms with E-state index in [1.165, 1.54) is 12.5 Å². The summed E-state index contributed by atoms with van der Waals surface area (Å²) in [5.74, 6) is 0.436. The molecule has 0 unspecified atom stereocenters. The van der Waals surface area contributed by atoms with Gasteiger partial charge in [0.15, 0.2) is 0 Å². The fourth-order valence-electron chi connectivity index (χ4n) is 1.33. The predicted molar refractivity (Wildman–Crippen MR) is 60.3 cm³/mol. The SMILES string of the molecule is CC(=O)O/C(C)=C(\C)Cc1ccccc1. The second kappa shape index (κ2) is 5.35. The van der Waals surface area contributed by atoms with E-state index in [1.807, 2.05) is 32.0 Å². The number of rotatable bonds is 3. The van der Waals surface area contributed by atoms with Crippen LogP contribution in [0.15, 0.2) is 41.7 Å². The van der Waals surface area contributed by atoms with Crippen LogP contribution < -0.4 is 0 Å². The molecule has 1 aromatic rings. The molecule has 0 N–H and O–H groups in total. The second-order valence-corrected chi connectivity index (χ2v) is 3.59. The van der Waals surface area contributed by atoms with Crippen molar-refractivity contribution < 1.29 is 9.53 Å². The lowest BCUT2D eigenvalue weighted by atomic mass is 10.1. The molecular weight excluding hydrogens is 188 g/mol. The minimum absolute atomic E-state index is 0.264. The maximum atomic E-state index is 10.8. The number of carbonyl (C=O) groups excluding carboxylic acids is 1. The van der Waals surface area contributed by atoms with E-state index in [1.54, 1.807) is 0 Å². The summed E-state index contributed by atoms with van der Waals surface area (Å²) >= 11 is 0. The summed E-state index contributed by atoms with van der Waals surface area (Å²) in [4.78, 5) is 10.8. The molecule has 2 nitrogen and oxygen atoms in total. The van der Waals surface area contributed by atoms with E-state index in [0.29, 0.717) is 5.76 Å². The third kappa shape index (κ3) is 3.98. The van der Waals surface area contributed by atoms with Crippen molar-refractivity contribution in [3.63, 3.8) is 0 Å². The van der Waals surface area contributed by atoms with Crippen LogP contribution in [0.4, 0.5) is 0 Å². The van der Waals surface area contributed by atoms with Crippen molar-refractivity contribution in [3.8, 4) is 0 Å². The standard InChI is InChI=1S/C13H16O2/c1-10(11(2)15-12(3)14)9-13-7-5-4-6-8-13/h4-8H,9H2,1-3H3/b11-10+. The summed E-state index contributed by atoms with van der Waals surface area (Å²) in [6, 6.07) is 10.1. The topological polar surface area (TPSA) is 26.3 Å². The highest BCUT2D eigenvalue weighted by Gasteiger charge is 2.02. The van der Waals surface area contributed by atoms with E-state index in [9.17, 15) is 4.79 Å². The zero-order valence-electron chi connectivity index (χ0n) is 9.41. The monoisotopic (exact) mass is 204 g/mol. The lowest BCUT2D eigenvalue weighted by Crippen LogP contribution is -2.00. The van der Waals surface area contributed by atoms with E-state index in [-0.39, 0.29) is 5.97 Å². The molecule has 0 aliphatic carbocycles. The molecule has 0 aliphatic heterocycles. The van der Waals surface area contributed by atoms with Crippen LogP contribution in [0.5, 0.6) is 0 Å². The summed E-state index contributed by atoms with van der Waals surface area (Å²) < 4.78 is 5.02. The Morgan fingerprint density at radius 1 is 1.13 bits per heavy atom. The molecule has 0 fully saturated rings. The van der Waals surface area contributed by atoms with Crippen molar-refractivity contribution in [3.05, 3.63) is 47.2 Å². The molecule has 0 aliphatic rings. The predicted octanol–water partition coefficient (Wildman–Crippen LogP) is 3.09. The first-order chi connectivity index (χ1) is 7.09. The van der Waals surface area contributed by atoms with Gasteiger partial charge in [-0.1, -0.05) is 30.3 Å². The molecule has 0 saturated carbocycles. The van der Waals surface area contributed by atoms with E-state index >= 15 is 0 Å². The summed E-state index contributed by atoms with van der Waals surface area (Å²) in [5.41, 5.74) is 2.30. The van der Waals surface area contributed by atoms with Gasteiger partial charge in [-0.25, -0.2) is 0 Å². The quantitative estimate of drug-likeness (QED) is 0.558. The Labute approximate surface area is 90.6 Å². The minimum atomic E-state index is -0.264. The molecular formula is C13H16O2. The fraction of sp³-hybridized carbons (Fsp3) is 0.308. The van der Waals surface area contributed by atoms with Crippen molar-refractivity contribution in [2.24, 2.45) is 0 Å². The van der Waals surface area contributed by atoms with Gasteiger partial charge in [0.2, 0.25) is 0 Å². The van der Waals surface area contributed by atoms with Crippen LogP contribution >= 0.6 is 0 Å². The average Bonchev–Trinajstić information content (AvgIpc) is 2.18. The van der Waals surface area contributed by atoms with Crippen molar-refractivity contribution in [1.82, 2.24) is 0 Å². The van der Waals surface area contributed by atoms with Gasteiger partial charge in [-0.2, -0.15) is 0 Å². The molecule has 2 heteroatoms. The third-order valence-electron chi connectivity index (χ3n) is 2.21. The van der Waals surface area contributed by atoms with Crippen LogP contribution in [0, 0.1) is 0 Å². The lowest BCUT2D eigenvalue weighted by Gasteiger charge is -2.07. The molecule has 0 radical (unpaired) electrons. The molecule has 0 amide bonds. The first-order valence-electron chi connectivity index (χ1n) is 4.98. The third-order valence-corrected chi connectivity index (χ3v) is 2.21. The minimum Gasteiger partial charge on any atom is -0.432 e. The number of ether oxygens (including phenoxy) is 1. The molecule has 0 spiro atoms. The van der Waals surface area contributed by atoms with Gasteiger partial charge in [-0.05, 0) is 31.4 Å². The Kier molecular flexibility index (Phi) is 4.10. The van der Waals surface area contributed by atoms with Gasteiger partial charge >= 0.3 is 5.97 Å². The van der Waals surface area contributed by atoms with Crippen LogP contribution in [0.1, 0.15) is 26.3 Å². The Morgan fingerprint density at radius 2 is 1.73 bits per heavy atom. The Morgan fingerprint density at radius 3 is 2.27 bits per heavy atom. The second-order valence-electron chi connectivity index (χ2n) is 3.59. The van der Waals surface area contributed by atoms with Gasteiger partial charge in [0.1, 0.15) is 5.76 Å². The van der Waals surface area contributed by atoms with Gasteiger partial charge in [-0.3, -0.25) is 4.79 Å². The lowest BCUT2D eigenvalue weighted by molar-refractivity contribution is -0.136. The maximum absolute atomic E-state index is 10.8. The van der Waals surface area contributed by atoms with Crippen LogP contribution in [-0.2, 0) is 16.0 Å². The summed E-state index contributed by atoms with van der Waals surface area (Å²) in [5, 5.41) is 0. The van der Waals surface area contributed by atoms with Gasteiger partial charge in [0.25, 0.3) is 0 Å². The van der Waals surface area contributed by atoms with Gasteiger partial charge in [0.05, 0.1) is 0 Å². The normalized spacial score (nSPS) is 11.9. The first-order valence-corrected chi connectivity index (χ1v) is 4.98. The van der Waals surface area contributed by atoms with Crippen molar-refractivity contribution in [2.75, 3.05) is 0 Å². The number of esters is 1. The molecule has 0 atom stereocenters. The van der Waals surface area contributed by atoms with Crippen molar-refractivity contribution in [2.45, 2.75) is 27.2 Å². The smallest absolute Gasteiger partial charge is 0.307 e. The molecule has 0 saturated heterocycles. The van der Waals surface area contributed by atoms with Crippen molar-refractivity contribution >= 4 is 5.97 Å². The van der Waals surface area contributed by atoms with Gasteiger partial charge in [-0.15, -0.1) is 0 Å². The largest absolute Gasteiger partial charge is 0.432 e. The highest BCUT2D eigenvalue weighted by molar-refractivity contribution is 5.67. The molecule has 0 bridgehead atoms. The van der Waals surface area contributed by atoms with Crippen LogP contribution in [0.2, 0.25) is 0 Å². The highest BCUT2D eigenvalue weighted by Crippen LogP contribution is 2.12. The number of hydrogen-bond donors (Lipinski definition) is 0. The van der Waals surface area contributed by atoms with E-state index in [4.69, 9.17) is 4.74 Å². The molecule has 80 valence electrons. The van der Waals surface area contributed by atoms with E-state index in [2.05, 4.69) is 12.1 Å². The summed E-state index contributed by atoms with van der Waals surface area (Å²) in [6.07, 6.45) is 0.819. The van der Waals surface area contributed by atoms with Crippen LogP contribution in [0.3, 0.4) is 0 Å². The number of benzene rings is 1. The average molecular weight is 204 g/mol. The first kappa shape index (κ1) is 11.5. The van der Waals surface area contributed by atoms with Crippen molar-refractivity contribution in [1.29, 1.82) is 0 Å². The number of carbonyl (C=O) groups is 1. The van der Waals surface area contributed by atoms with E-state index < -0.39 is 0 Å². The number of hydrogen-bond acceptors (Lipinski definition) is 2. The molecule has 0 heterocycles. The molecule has 0 aromatic heterocycles. The molecule has 15 heavy (non-hydrogen) atoms. The zero-order valence-corrected chi connectivity index (χ0v) is 9.41. The van der Waals surface area contributed by atoms with E-state index in [0.717, 1.165) is 12.0 Å². The Balaban J connectivity index is 2.69. The maximum Gasteiger partial charge on any atom is 0.307 e. The number of allylic oxidation sites excluding steroid dienone is 2. The van der Waals surface area contributed by atoms with Gasteiger partial charge in [0, 0.05) is 6.92 Å². The van der Waals surface area contributed by atoms with Crippen LogP contribution in [-0.4, -0.2) is 5.97 Å². The Bertz CT molecular complexity index is 363.